The molecule has 0 aliphatic carbocycles. The van der Waals surface area contributed by atoms with Gasteiger partial charge in [0.15, 0.2) is 10.9 Å². The fourth-order valence-corrected chi connectivity index (χ4v) is 6.33. The van der Waals surface area contributed by atoms with E-state index in [0.717, 1.165) is 79.9 Å². The molecule has 1 spiro atoms. The van der Waals surface area contributed by atoms with Crippen molar-refractivity contribution >= 4 is 45.9 Å². The summed E-state index contributed by atoms with van der Waals surface area (Å²) in [5, 5.41) is 7.11. The number of anilines is 2. The van der Waals surface area contributed by atoms with E-state index >= 15 is 0 Å². The van der Waals surface area contributed by atoms with Crippen LogP contribution in [0.25, 0.3) is 0 Å². The van der Waals surface area contributed by atoms with Crippen LogP contribution in [0.1, 0.15) is 53.5 Å². The highest BCUT2D eigenvalue weighted by Gasteiger charge is 2.40. The number of carbonyl (C=O) groups excluding carboxylic acids is 1. The van der Waals surface area contributed by atoms with E-state index in [4.69, 9.17) is 26.7 Å². The number of likely N-dealkylation sites (tertiary alicyclic amines) is 2. The molecule has 0 unspecified atom stereocenters. The van der Waals surface area contributed by atoms with Crippen molar-refractivity contribution in [3.05, 3.63) is 40.3 Å². The Morgan fingerprint density at radius 1 is 1.08 bits per heavy atom. The number of thiocarbonyl (C=S) groups is 1. The first-order chi connectivity index (χ1) is 17.4. The van der Waals surface area contributed by atoms with Gasteiger partial charge in [-0.3, -0.25) is 4.79 Å². The second-order valence-corrected chi connectivity index (χ2v) is 11.2. The zero-order valence-corrected chi connectivity index (χ0v) is 22.7. The van der Waals surface area contributed by atoms with Crippen LogP contribution >= 0.6 is 23.6 Å². The Labute approximate surface area is 222 Å². The third-order valence-electron chi connectivity index (χ3n) is 7.34. The third kappa shape index (κ3) is 5.66. The molecule has 3 fully saturated rings. The van der Waals surface area contributed by atoms with Crippen LogP contribution in [0.2, 0.25) is 0 Å². The first-order valence-electron chi connectivity index (χ1n) is 12.8. The van der Waals surface area contributed by atoms with Crippen LogP contribution in [-0.4, -0.2) is 85.1 Å². The molecule has 0 radical (unpaired) electrons. The number of rotatable bonds is 4. The van der Waals surface area contributed by atoms with E-state index in [2.05, 4.69) is 39.4 Å². The van der Waals surface area contributed by atoms with Crippen LogP contribution in [0.3, 0.4) is 0 Å². The number of carbonyl (C=O) groups is 1. The first-order valence-corrected chi connectivity index (χ1v) is 14.1. The molecule has 3 saturated heterocycles. The van der Waals surface area contributed by atoms with E-state index < -0.39 is 5.79 Å². The zero-order valence-electron chi connectivity index (χ0n) is 21.1. The molecule has 3 aliphatic rings. The van der Waals surface area contributed by atoms with Gasteiger partial charge in [-0.15, -0.1) is 11.3 Å². The zero-order chi connectivity index (χ0) is 25.1. The smallest absolute Gasteiger partial charge is 0.273 e. The van der Waals surface area contributed by atoms with E-state index in [1.165, 1.54) is 0 Å². The number of nitrogens with one attached hydrogen (secondary N) is 1. The standard InChI is InChI=1S/C26H35N5O3S2/c1-29(2)21-6-4-20(5-7-21)27-25(35)31-12-8-19(9-13-31)23-28-22(18-36-23)24(32)30-14-10-26(11-15-30)33-16-3-17-34-26/h4-7,18-19H,3,8-17H2,1-2H3,(H,27,35). The van der Waals surface area contributed by atoms with Crippen molar-refractivity contribution in [3.63, 3.8) is 0 Å². The number of hydrogen-bond donors (Lipinski definition) is 1. The summed E-state index contributed by atoms with van der Waals surface area (Å²) in [6.45, 7) is 4.53. The van der Waals surface area contributed by atoms with Gasteiger partial charge in [-0.05, 0) is 55.7 Å². The van der Waals surface area contributed by atoms with Crippen LogP contribution in [0.4, 0.5) is 11.4 Å². The number of hydrogen-bond acceptors (Lipinski definition) is 7. The van der Waals surface area contributed by atoms with Crippen molar-refractivity contribution in [1.29, 1.82) is 0 Å². The number of amides is 1. The second-order valence-electron chi connectivity index (χ2n) is 9.96. The highest BCUT2D eigenvalue weighted by atomic mass is 32.1. The van der Waals surface area contributed by atoms with Crippen LogP contribution in [0.15, 0.2) is 29.6 Å². The molecule has 10 heteroatoms. The summed E-state index contributed by atoms with van der Waals surface area (Å²) in [4.78, 5) is 24.1. The molecule has 1 aromatic heterocycles. The normalized spacial score (nSPS) is 20.4. The summed E-state index contributed by atoms with van der Waals surface area (Å²) in [5.41, 5.74) is 2.73. The van der Waals surface area contributed by atoms with Crippen LogP contribution in [-0.2, 0) is 9.47 Å². The summed E-state index contributed by atoms with van der Waals surface area (Å²) >= 11 is 7.28. The molecule has 0 bridgehead atoms. The lowest BCUT2D eigenvalue weighted by Gasteiger charge is -2.43. The van der Waals surface area contributed by atoms with Crippen molar-refractivity contribution < 1.29 is 14.3 Å². The fourth-order valence-electron chi connectivity index (χ4n) is 5.07. The summed E-state index contributed by atoms with van der Waals surface area (Å²) in [5.74, 6) is -0.101. The second kappa shape index (κ2) is 11.0. The van der Waals surface area contributed by atoms with Crippen molar-refractivity contribution in [1.82, 2.24) is 14.8 Å². The SMILES string of the molecule is CN(C)c1ccc(NC(=S)N2CCC(c3nc(C(=O)N4CCC5(CC4)OCCCO5)cs3)CC2)cc1. The topological polar surface area (TPSA) is 70.2 Å². The molecular formula is C26H35N5O3S2. The molecule has 4 heterocycles. The van der Waals surface area contributed by atoms with Crippen molar-refractivity contribution in [2.24, 2.45) is 0 Å². The molecule has 0 atom stereocenters. The Morgan fingerprint density at radius 2 is 1.75 bits per heavy atom. The number of nitrogens with zero attached hydrogens (tertiary/aromatic N) is 4. The predicted molar refractivity (Wildman–Crippen MR) is 147 cm³/mol. The summed E-state index contributed by atoms with van der Waals surface area (Å²) < 4.78 is 11.8. The van der Waals surface area contributed by atoms with Crippen LogP contribution in [0, 0.1) is 0 Å². The van der Waals surface area contributed by atoms with Gasteiger partial charge >= 0.3 is 0 Å². The highest BCUT2D eigenvalue weighted by Crippen LogP contribution is 2.33. The van der Waals surface area contributed by atoms with Crippen LogP contribution < -0.4 is 10.2 Å². The number of ether oxygens (including phenoxy) is 2. The minimum absolute atomic E-state index is 0.0197. The Morgan fingerprint density at radius 3 is 2.39 bits per heavy atom. The van der Waals surface area contributed by atoms with Crippen LogP contribution in [0.5, 0.6) is 0 Å². The van der Waals surface area contributed by atoms with E-state index in [0.29, 0.717) is 24.7 Å². The largest absolute Gasteiger partial charge is 0.378 e. The lowest BCUT2D eigenvalue weighted by atomic mass is 9.98. The van der Waals surface area contributed by atoms with E-state index in [9.17, 15) is 4.79 Å². The molecule has 3 aliphatic heterocycles. The lowest BCUT2D eigenvalue weighted by molar-refractivity contribution is -0.281. The summed E-state index contributed by atoms with van der Waals surface area (Å²) in [6.07, 6.45) is 4.34. The van der Waals surface area contributed by atoms with Crippen molar-refractivity contribution in [2.75, 3.05) is 63.7 Å². The maximum absolute atomic E-state index is 13.1. The fraction of sp³-hybridized carbons (Fsp3) is 0.577. The monoisotopic (exact) mass is 529 g/mol. The number of benzene rings is 1. The minimum atomic E-state index is -0.485. The molecule has 0 saturated carbocycles. The number of aromatic nitrogens is 1. The van der Waals surface area contributed by atoms with E-state index in [1.54, 1.807) is 11.3 Å². The third-order valence-corrected chi connectivity index (χ3v) is 8.71. The molecule has 1 amide bonds. The highest BCUT2D eigenvalue weighted by molar-refractivity contribution is 7.80. The van der Waals surface area contributed by atoms with Gasteiger partial charge in [-0.1, -0.05) is 0 Å². The maximum atomic E-state index is 13.1. The maximum Gasteiger partial charge on any atom is 0.273 e. The molecule has 8 nitrogen and oxygen atoms in total. The minimum Gasteiger partial charge on any atom is -0.378 e. The van der Waals surface area contributed by atoms with Gasteiger partial charge in [0, 0.05) is 75.8 Å². The van der Waals surface area contributed by atoms with Crippen molar-refractivity contribution in [3.8, 4) is 0 Å². The van der Waals surface area contributed by atoms with Gasteiger partial charge in [0.2, 0.25) is 0 Å². The first kappa shape index (κ1) is 25.4. The molecule has 5 rings (SSSR count). The molecule has 1 N–H and O–H groups in total. The Hall–Kier alpha value is -2.27. The van der Waals surface area contributed by atoms with Gasteiger partial charge in [0.25, 0.3) is 5.91 Å². The quantitative estimate of drug-likeness (QED) is 0.593. The summed E-state index contributed by atoms with van der Waals surface area (Å²) in [7, 11) is 4.06. The Balaban J connectivity index is 1.10. The summed E-state index contributed by atoms with van der Waals surface area (Å²) in [6, 6.07) is 8.27. The Kier molecular flexibility index (Phi) is 7.76. The van der Waals surface area contributed by atoms with Crippen molar-refractivity contribution in [2.45, 2.75) is 43.8 Å². The average molecular weight is 530 g/mol. The van der Waals surface area contributed by atoms with Gasteiger partial charge in [0.05, 0.1) is 18.2 Å². The average Bonchev–Trinajstić information content (AvgIpc) is 3.40. The predicted octanol–water partition coefficient (Wildman–Crippen LogP) is 4.15. The number of piperidine rings is 2. The lowest BCUT2D eigenvalue weighted by Crippen LogP contribution is -2.51. The van der Waals surface area contributed by atoms with Gasteiger partial charge < -0.3 is 29.5 Å². The molecular weight excluding hydrogens is 494 g/mol. The van der Waals surface area contributed by atoms with Gasteiger partial charge in [-0.25, -0.2) is 4.98 Å². The molecule has 2 aromatic rings. The molecule has 1 aromatic carbocycles. The molecule has 194 valence electrons. The molecule has 36 heavy (non-hydrogen) atoms. The van der Waals surface area contributed by atoms with Gasteiger partial charge in [-0.2, -0.15) is 0 Å². The van der Waals surface area contributed by atoms with Gasteiger partial charge in [0.1, 0.15) is 5.69 Å². The Bertz CT molecular complexity index is 1050. The van der Waals surface area contributed by atoms with E-state index in [-0.39, 0.29) is 5.91 Å². The van der Waals surface area contributed by atoms with E-state index in [1.807, 2.05) is 24.4 Å². The number of thiazole rings is 1.